The summed E-state index contributed by atoms with van der Waals surface area (Å²) < 4.78 is 33.7. The molecule has 3 rings (SSSR count). The number of hydrogen-bond acceptors (Lipinski definition) is 5. The second-order valence-corrected chi connectivity index (χ2v) is 9.64. The maximum atomic E-state index is 13.4. The summed E-state index contributed by atoms with van der Waals surface area (Å²) in [6, 6.07) is 5.13. The molecule has 0 saturated carbocycles. The first-order chi connectivity index (χ1) is 14.3. The molecule has 0 aliphatic carbocycles. The van der Waals surface area contributed by atoms with Crippen LogP contribution >= 0.6 is 0 Å². The summed E-state index contributed by atoms with van der Waals surface area (Å²) in [5.74, 6) is -0.579. The Morgan fingerprint density at radius 2 is 1.87 bits per heavy atom. The minimum atomic E-state index is -3.77. The van der Waals surface area contributed by atoms with Gasteiger partial charge < -0.3 is 15.4 Å². The van der Waals surface area contributed by atoms with Crippen LogP contribution in [-0.4, -0.2) is 43.9 Å². The van der Waals surface area contributed by atoms with Crippen LogP contribution in [0.4, 0.5) is 4.79 Å². The smallest absolute Gasteiger partial charge is 0.338 e. The van der Waals surface area contributed by atoms with Gasteiger partial charge in [0.05, 0.1) is 22.6 Å². The Bertz CT molecular complexity index is 949. The van der Waals surface area contributed by atoms with Gasteiger partial charge in [-0.05, 0) is 44.7 Å². The molecule has 2 heterocycles. The van der Waals surface area contributed by atoms with Crippen molar-refractivity contribution in [1.29, 1.82) is 0 Å². The summed E-state index contributed by atoms with van der Waals surface area (Å²) in [5, 5.41) is 5.39. The molecule has 164 valence electrons. The fourth-order valence-electron chi connectivity index (χ4n) is 3.85. The highest BCUT2D eigenvalue weighted by Crippen LogP contribution is 2.34. The SMILES string of the molecule is CCC1=C(C(=O)OC(C)C)C(c2ccccc2S(=O)(=O)N2CCCCC2)NC(=O)N1. The molecule has 0 spiro atoms. The molecule has 1 aromatic rings. The number of sulfonamides is 1. The molecule has 8 nitrogen and oxygen atoms in total. The van der Waals surface area contributed by atoms with Crippen molar-refractivity contribution >= 4 is 22.0 Å². The van der Waals surface area contributed by atoms with Gasteiger partial charge in [-0.15, -0.1) is 0 Å². The van der Waals surface area contributed by atoms with Crippen LogP contribution in [0.15, 0.2) is 40.4 Å². The van der Waals surface area contributed by atoms with Crippen LogP contribution in [0.5, 0.6) is 0 Å². The summed E-state index contributed by atoms with van der Waals surface area (Å²) in [6.07, 6.45) is 2.68. The van der Waals surface area contributed by atoms with E-state index in [1.54, 1.807) is 32.0 Å². The van der Waals surface area contributed by atoms with Crippen molar-refractivity contribution in [2.45, 2.75) is 63.5 Å². The van der Waals surface area contributed by atoms with E-state index < -0.39 is 28.1 Å². The number of ether oxygens (including phenoxy) is 1. The lowest BCUT2D eigenvalue weighted by Crippen LogP contribution is -2.46. The Kier molecular flexibility index (Phi) is 6.82. The molecule has 2 aliphatic heterocycles. The normalized spacial score (nSPS) is 20.7. The number of nitrogens with one attached hydrogen (secondary N) is 2. The van der Waals surface area contributed by atoms with Gasteiger partial charge in [-0.3, -0.25) is 0 Å². The summed E-state index contributed by atoms with van der Waals surface area (Å²) in [5.41, 5.74) is 1.02. The zero-order chi connectivity index (χ0) is 21.9. The van der Waals surface area contributed by atoms with Crippen molar-refractivity contribution < 1.29 is 22.7 Å². The largest absolute Gasteiger partial charge is 0.459 e. The van der Waals surface area contributed by atoms with E-state index in [0.29, 0.717) is 30.8 Å². The number of piperidine rings is 1. The van der Waals surface area contributed by atoms with Crippen molar-refractivity contribution in [3.63, 3.8) is 0 Å². The highest BCUT2D eigenvalue weighted by Gasteiger charge is 2.37. The van der Waals surface area contributed by atoms with Gasteiger partial charge in [0.15, 0.2) is 0 Å². The Morgan fingerprint density at radius 3 is 2.50 bits per heavy atom. The molecule has 0 radical (unpaired) electrons. The van der Waals surface area contributed by atoms with E-state index >= 15 is 0 Å². The number of carbonyl (C=O) groups is 2. The Morgan fingerprint density at radius 1 is 1.20 bits per heavy atom. The third-order valence-corrected chi connectivity index (χ3v) is 7.21. The van der Waals surface area contributed by atoms with E-state index in [-0.39, 0.29) is 16.6 Å². The Hall–Kier alpha value is -2.39. The van der Waals surface area contributed by atoms with Crippen molar-refractivity contribution in [3.8, 4) is 0 Å². The number of urea groups is 1. The molecule has 0 aromatic heterocycles. The number of amides is 2. The minimum absolute atomic E-state index is 0.101. The summed E-state index contributed by atoms with van der Waals surface area (Å²) in [6.45, 7) is 6.23. The quantitative estimate of drug-likeness (QED) is 0.669. The zero-order valence-corrected chi connectivity index (χ0v) is 18.4. The number of esters is 1. The van der Waals surface area contributed by atoms with E-state index in [1.807, 2.05) is 6.92 Å². The standard InChI is InChI=1S/C21H29N3O5S/c1-4-16-18(20(25)29-14(2)3)19(23-21(26)22-16)15-10-6-7-11-17(15)30(27,28)24-12-8-5-9-13-24/h6-7,10-11,14,19H,4-5,8-9,12-13H2,1-3H3,(H2,22,23,26). The highest BCUT2D eigenvalue weighted by molar-refractivity contribution is 7.89. The first kappa shape index (κ1) is 22.3. The molecule has 1 saturated heterocycles. The number of hydrogen-bond donors (Lipinski definition) is 2. The Balaban J connectivity index is 2.11. The van der Waals surface area contributed by atoms with Crippen LogP contribution in [0.2, 0.25) is 0 Å². The zero-order valence-electron chi connectivity index (χ0n) is 17.6. The van der Waals surface area contributed by atoms with Gasteiger partial charge in [0.1, 0.15) is 0 Å². The molecular weight excluding hydrogens is 406 g/mol. The number of nitrogens with zero attached hydrogens (tertiary/aromatic N) is 1. The third-order valence-electron chi connectivity index (χ3n) is 5.23. The molecule has 1 aromatic carbocycles. The maximum absolute atomic E-state index is 13.4. The van der Waals surface area contributed by atoms with Gasteiger partial charge in [0, 0.05) is 18.8 Å². The first-order valence-corrected chi connectivity index (χ1v) is 11.8. The molecule has 1 unspecified atom stereocenters. The van der Waals surface area contributed by atoms with E-state index in [9.17, 15) is 18.0 Å². The molecule has 2 amide bonds. The third kappa shape index (κ3) is 4.52. The topological polar surface area (TPSA) is 105 Å². The second kappa shape index (κ2) is 9.18. The van der Waals surface area contributed by atoms with Gasteiger partial charge in [-0.1, -0.05) is 31.5 Å². The van der Waals surface area contributed by atoms with Crippen LogP contribution in [0, 0.1) is 0 Å². The van der Waals surface area contributed by atoms with Gasteiger partial charge in [0.2, 0.25) is 10.0 Å². The lowest BCUT2D eigenvalue weighted by atomic mass is 9.94. The molecular formula is C21H29N3O5S. The number of allylic oxidation sites excluding steroid dienone is 1. The minimum Gasteiger partial charge on any atom is -0.459 e. The number of rotatable bonds is 6. The second-order valence-electron chi connectivity index (χ2n) is 7.73. The highest BCUT2D eigenvalue weighted by atomic mass is 32.2. The Labute approximate surface area is 177 Å². The van der Waals surface area contributed by atoms with E-state index in [0.717, 1.165) is 19.3 Å². The summed E-state index contributed by atoms with van der Waals surface area (Å²) >= 11 is 0. The van der Waals surface area contributed by atoms with Gasteiger partial charge in [-0.2, -0.15) is 4.31 Å². The number of carbonyl (C=O) groups excluding carboxylic acids is 2. The summed E-state index contributed by atoms with van der Waals surface area (Å²) in [7, 11) is -3.77. The van der Waals surface area contributed by atoms with Gasteiger partial charge in [-0.25, -0.2) is 18.0 Å². The predicted molar refractivity (Wildman–Crippen MR) is 112 cm³/mol. The van der Waals surface area contributed by atoms with Crippen molar-refractivity contribution in [3.05, 3.63) is 41.1 Å². The van der Waals surface area contributed by atoms with Crippen LogP contribution in [-0.2, 0) is 19.6 Å². The average molecular weight is 436 g/mol. The van der Waals surface area contributed by atoms with Crippen LogP contribution < -0.4 is 10.6 Å². The van der Waals surface area contributed by atoms with Crippen molar-refractivity contribution in [2.75, 3.05) is 13.1 Å². The lowest BCUT2D eigenvalue weighted by molar-refractivity contribution is -0.143. The fraction of sp³-hybridized carbons (Fsp3) is 0.524. The molecule has 30 heavy (non-hydrogen) atoms. The molecule has 1 atom stereocenters. The first-order valence-electron chi connectivity index (χ1n) is 10.4. The van der Waals surface area contributed by atoms with Crippen molar-refractivity contribution in [1.82, 2.24) is 14.9 Å². The summed E-state index contributed by atoms with van der Waals surface area (Å²) in [4.78, 5) is 25.3. The monoisotopic (exact) mass is 435 g/mol. The van der Waals surface area contributed by atoms with E-state index in [4.69, 9.17) is 4.74 Å². The fourth-order valence-corrected chi connectivity index (χ4v) is 5.60. The van der Waals surface area contributed by atoms with E-state index in [1.165, 1.54) is 10.4 Å². The van der Waals surface area contributed by atoms with Gasteiger partial charge in [0.25, 0.3) is 0 Å². The number of benzene rings is 1. The average Bonchev–Trinajstić information content (AvgIpc) is 2.73. The van der Waals surface area contributed by atoms with Gasteiger partial charge >= 0.3 is 12.0 Å². The van der Waals surface area contributed by atoms with E-state index in [2.05, 4.69) is 10.6 Å². The predicted octanol–water partition coefficient (Wildman–Crippen LogP) is 2.83. The van der Waals surface area contributed by atoms with Crippen LogP contribution in [0.3, 0.4) is 0 Å². The molecule has 0 bridgehead atoms. The molecule has 1 fully saturated rings. The molecule has 2 aliphatic rings. The molecule has 2 N–H and O–H groups in total. The van der Waals surface area contributed by atoms with Crippen LogP contribution in [0.25, 0.3) is 0 Å². The van der Waals surface area contributed by atoms with Crippen molar-refractivity contribution in [2.24, 2.45) is 0 Å². The molecule has 9 heteroatoms. The maximum Gasteiger partial charge on any atom is 0.338 e. The lowest BCUT2D eigenvalue weighted by Gasteiger charge is -2.32. The van der Waals surface area contributed by atoms with Crippen LogP contribution in [0.1, 0.15) is 58.1 Å².